The van der Waals surface area contributed by atoms with E-state index >= 15 is 0 Å². The minimum atomic E-state index is -0.242. The molecule has 8 heteroatoms. The van der Waals surface area contributed by atoms with Gasteiger partial charge in [0.2, 0.25) is 0 Å². The number of H-pyrrole nitrogens is 2. The zero-order valence-corrected chi connectivity index (χ0v) is 28.0. The summed E-state index contributed by atoms with van der Waals surface area (Å²) in [6.45, 7) is 10.8. The third-order valence-corrected chi connectivity index (χ3v) is 9.25. The van der Waals surface area contributed by atoms with E-state index in [1.54, 1.807) is 18.2 Å². The summed E-state index contributed by atoms with van der Waals surface area (Å²) >= 11 is 0. The van der Waals surface area contributed by atoms with Gasteiger partial charge in [0.05, 0.1) is 11.2 Å². The molecule has 1 aliphatic rings. The number of aryl methyl sites for hydroxylation is 2. The van der Waals surface area contributed by atoms with Gasteiger partial charge in [-0.2, -0.15) is 5.10 Å². The summed E-state index contributed by atoms with van der Waals surface area (Å²) in [5, 5.41) is 12.3. The number of pyridine rings is 1. The number of imidazole rings is 1. The summed E-state index contributed by atoms with van der Waals surface area (Å²) in [6.07, 6.45) is 11.8. The van der Waals surface area contributed by atoms with E-state index < -0.39 is 0 Å². The molecule has 4 heterocycles. The predicted octanol–water partition coefficient (Wildman–Crippen LogP) is 8.40. The van der Waals surface area contributed by atoms with Crippen molar-refractivity contribution in [2.24, 2.45) is 0 Å². The van der Waals surface area contributed by atoms with Gasteiger partial charge in [0.15, 0.2) is 5.82 Å². The van der Waals surface area contributed by atoms with Gasteiger partial charge in [0.25, 0.3) is 0 Å². The normalized spacial score (nSPS) is 13.8. The second-order valence-electron chi connectivity index (χ2n) is 12.9. The summed E-state index contributed by atoms with van der Waals surface area (Å²) in [5.74, 6) is 0.401. The third-order valence-electron chi connectivity index (χ3n) is 9.25. The summed E-state index contributed by atoms with van der Waals surface area (Å²) in [6, 6.07) is 24.1. The van der Waals surface area contributed by atoms with Crippen LogP contribution >= 0.6 is 0 Å². The zero-order chi connectivity index (χ0) is 33.6. The highest BCUT2D eigenvalue weighted by Crippen LogP contribution is 2.33. The Balaban J connectivity index is 1.13. The highest BCUT2D eigenvalue weighted by atomic mass is 19.1. The molecule has 1 saturated heterocycles. The molecule has 7 rings (SSSR count). The van der Waals surface area contributed by atoms with Crippen LogP contribution in [0.1, 0.15) is 52.9 Å². The summed E-state index contributed by atoms with van der Waals surface area (Å²) < 4.78 is 15.0. The molecule has 7 nitrogen and oxygen atoms in total. The van der Waals surface area contributed by atoms with Crippen LogP contribution in [0.4, 0.5) is 4.39 Å². The molecule has 0 radical (unpaired) electrons. The molecule has 248 valence electrons. The zero-order valence-electron chi connectivity index (χ0n) is 28.0. The average Bonchev–Trinajstić information content (AvgIpc) is 3.88. The summed E-state index contributed by atoms with van der Waals surface area (Å²) in [5.41, 5.74) is 10.3. The van der Waals surface area contributed by atoms with Gasteiger partial charge in [-0.15, -0.1) is 0 Å². The van der Waals surface area contributed by atoms with Crippen molar-refractivity contribution in [1.29, 1.82) is 0 Å². The van der Waals surface area contributed by atoms with Crippen LogP contribution < -0.4 is 5.32 Å². The Morgan fingerprint density at radius 3 is 2.61 bits per heavy atom. The molecule has 0 aliphatic carbocycles. The van der Waals surface area contributed by atoms with E-state index in [9.17, 15) is 4.39 Å². The molecule has 6 aromatic rings. The number of likely N-dealkylation sites (tertiary alicyclic amines) is 1. The molecule has 3 N–H and O–H groups in total. The van der Waals surface area contributed by atoms with Gasteiger partial charge in [0, 0.05) is 47.7 Å². The van der Waals surface area contributed by atoms with Crippen molar-refractivity contribution in [3.05, 3.63) is 143 Å². The van der Waals surface area contributed by atoms with Crippen molar-refractivity contribution in [2.45, 2.75) is 45.7 Å². The van der Waals surface area contributed by atoms with Crippen LogP contribution in [0.5, 0.6) is 0 Å². The Hall–Kier alpha value is -5.18. The number of rotatable bonds is 13. The van der Waals surface area contributed by atoms with Gasteiger partial charge in [-0.3, -0.25) is 10.1 Å². The fourth-order valence-corrected chi connectivity index (χ4v) is 6.79. The number of aromatic nitrogens is 5. The Bertz CT molecular complexity index is 2090. The quantitative estimate of drug-likeness (QED) is 0.109. The Morgan fingerprint density at radius 1 is 0.939 bits per heavy atom. The summed E-state index contributed by atoms with van der Waals surface area (Å²) in [7, 11) is 0. The van der Waals surface area contributed by atoms with E-state index in [4.69, 9.17) is 4.98 Å². The topological polar surface area (TPSA) is 85.5 Å². The standard InChI is InChI=1S/C41H42FN7/c1-3-10-36(33-19-30(21-35(42)22-33)13-9-18-49-16-7-8-17-49)39-28(2)45-41(46-39)40-37-23-32(14-15-38(37)47-48-40)34-20-31(26-44-27-34)25-43-24-29-11-5-4-6-12-29/h3-6,10-12,14-15,19-23,26-27,43H,1,7-9,13,16-18,24-25H2,2H3,(H,45,46)(H,47,48)/b36-10-. The van der Waals surface area contributed by atoms with Crippen molar-refractivity contribution in [1.82, 2.24) is 35.4 Å². The van der Waals surface area contributed by atoms with E-state index in [0.29, 0.717) is 5.82 Å². The molecule has 49 heavy (non-hydrogen) atoms. The number of hydrogen-bond donors (Lipinski definition) is 3. The fraction of sp³-hybridized carbons (Fsp3) is 0.244. The molecule has 1 aliphatic heterocycles. The maximum Gasteiger partial charge on any atom is 0.159 e. The van der Waals surface area contributed by atoms with E-state index in [2.05, 4.69) is 85.5 Å². The highest BCUT2D eigenvalue weighted by molar-refractivity contribution is 5.95. The smallest absolute Gasteiger partial charge is 0.159 e. The number of halogens is 1. The molecular formula is C41H42FN7. The van der Waals surface area contributed by atoms with Gasteiger partial charge in [-0.1, -0.05) is 61.2 Å². The molecule has 3 aromatic carbocycles. The molecule has 0 bridgehead atoms. The van der Waals surface area contributed by atoms with Crippen LogP contribution in [0.2, 0.25) is 0 Å². The lowest BCUT2D eigenvalue weighted by atomic mass is 9.97. The SMILES string of the molecule is C=C/C=C(/c1cc(F)cc(CCCN2CCCC2)c1)c1nc(-c2n[nH]c3ccc(-c4cncc(CNCc5ccccc5)c4)cc23)[nH]c1C. The number of allylic oxidation sites excluding steroid dienone is 2. The number of benzene rings is 3. The molecule has 1 fully saturated rings. The van der Waals surface area contributed by atoms with E-state index in [0.717, 1.165) is 93.9 Å². The Kier molecular flexibility index (Phi) is 9.86. The van der Waals surface area contributed by atoms with Crippen molar-refractivity contribution in [3.63, 3.8) is 0 Å². The largest absolute Gasteiger partial charge is 0.340 e. The number of hydrogen-bond acceptors (Lipinski definition) is 5. The second kappa shape index (κ2) is 14.9. The molecule has 3 aromatic heterocycles. The van der Waals surface area contributed by atoms with Crippen LogP contribution in [-0.2, 0) is 19.5 Å². The molecule has 0 amide bonds. The van der Waals surface area contributed by atoms with Gasteiger partial charge < -0.3 is 15.2 Å². The van der Waals surface area contributed by atoms with Crippen LogP contribution in [0.15, 0.2) is 104 Å². The lowest BCUT2D eigenvalue weighted by Gasteiger charge is -2.14. The maximum atomic E-state index is 15.0. The van der Waals surface area contributed by atoms with Crippen LogP contribution in [0.25, 0.3) is 39.1 Å². The van der Waals surface area contributed by atoms with Gasteiger partial charge in [-0.25, -0.2) is 9.37 Å². The summed E-state index contributed by atoms with van der Waals surface area (Å²) in [4.78, 5) is 15.5. The molecule has 0 saturated carbocycles. The van der Waals surface area contributed by atoms with Gasteiger partial charge >= 0.3 is 0 Å². The van der Waals surface area contributed by atoms with Crippen molar-refractivity contribution in [2.75, 3.05) is 19.6 Å². The minimum absolute atomic E-state index is 0.242. The number of fused-ring (bicyclic) bond motifs is 1. The minimum Gasteiger partial charge on any atom is -0.340 e. The molecular weight excluding hydrogens is 609 g/mol. The second-order valence-corrected chi connectivity index (χ2v) is 12.9. The average molecular weight is 652 g/mol. The lowest BCUT2D eigenvalue weighted by Crippen LogP contribution is -2.20. The van der Waals surface area contributed by atoms with Crippen LogP contribution in [0, 0.1) is 12.7 Å². The Morgan fingerprint density at radius 2 is 1.78 bits per heavy atom. The van der Waals surface area contributed by atoms with Gasteiger partial charge in [0.1, 0.15) is 11.5 Å². The van der Waals surface area contributed by atoms with Crippen molar-refractivity contribution >= 4 is 16.5 Å². The maximum absolute atomic E-state index is 15.0. The van der Waals surface area contributed by atoms with Crippen molar-refractivity contribution in [3.8, 4) is 22.6 Å². The molecule has 0 unspecified atom stereocenters. The first-order valence-corrected chi connectivity index (χ1v) is 17.1. The highest BCUT2D eigenvalue weighted by Gasteiger charge is 2.19. The Labute approximate surface area is 287 Å². The number of aromatic amines is 2. The van der Waals surface area contributed by atoms with Crippen LogP contribution in [-0.4, -0.2) is 49.7 Å². The van der Waals surface area contributed by atoms with E-state index in [1.165, 1.54) is 31.5 Å². The first-order chi connectivity index (χ1) is 24.0. The lowest BCUT2D eigenvalue weighted by molar-refractivity contribution is 0.334. The van der Waals surface area contributed by atoms with E-state index in [1.807, 2.05) is 37.5 Å². The number of nitrogens with zero attached hydrogens (tertiary/aromatic N) is 4. The van der Waals surface area contributed by atoms with Crippen molar-refractivity contribution < 1.29 is 4.39 Å². The predicted molar refractivity (Wildman–Crippen MR) is 196 cm³/mol. The molecule has 0 spiro atoms. The first-order valence-electron chi connectivity index (χ1n) is 17.1. The van der Waals surface area contributed by atoms with Crippen LogP contribution in [0.3, 0.4) is 0 Å². The van der Waals surface area contributed by atoms with E-state index in [-0.39, 0.29) is 5.82 Å². The number of nitrogens with one attached hydrogen (secondary N) is 3. The fourth-order valence-electron chi connectivity index (χ4n) is 6.79. The monoisotopic (exact) mass is 651 g/mol. The van der Waals surface area contributed by atoms with Gasteiger partial charge in [-0.05, 0) is 110 Å². The third kappa shape index (κ3) is 7.61. The molecule has 0 atom stereocenters. The first kappa shape index (κ1) is 32.4.